The Morgan fingerprint density at radius 2 is 1.95 bits per heavy atom. The number of aromatic nitrogens is 1. The topological polar surface area (TPSA) is 43.4 Å². The van der Waals surface area contributed by atoms with E-state index >= 15 is 0 Å². The molecule has 0 fully saturated rings. The van der Waals surface area contributed by atoms with Crippen LogP contribution >= 0.6 is 0 Å². The summed E-state index contributed by atoms with van der Waals surface area (Å²) in [6.45, 7) is -1.16. The van der Waals surface area contributed by atoms with Gasteiger partial charge in [0.05, 0.1) is 24.9 Å². The highest BCUT2D eigenvalue weighted by atomic mass is 19.3. The van der Waals surface area contributed by atoms with Crippen LogP contribution in [0.3, 0.4) is 0 Å². The van der Waals surface area contributed by atoms with E-state index in [2.05, 4.69) is 15.0 Å². The molecule has 1 heterocycles. The lowest BCUT2D eigenvalue weighted by Gasteiger charge is -2.18. The molecule has 1 unspecified atom stereocenters. The van der Waals surface area contributed by atoms with E-state index in [4.69, 9.17) is 4.74 Å². The number of ether oxygens (including phenoxy) is 2. The minimum absolute atomic E-state index is 0.0447. The third-order valence-corrected chi connectivity index (χ3v) is 2.99. The first-order valence-electron chi connectivity index (χ1n) is 6.51. The standard InChI is InChI=1S/C15H15F3N2O2/c1-9(14-11(16)4-3-5-12(14)21-2)20-13-7-6-10(8-19-13)22-15(17)18/h3-9,15H,1-2H3,(H,19,20). The number of nitrogens with zero attached hydrogens (tertiary/aromatic N) is 1. The molecule has 0 bridgehead atoms. The number of methoxy groups -OCH3 is 1. The molecule has 0 aliphatic heterocycles. The van der Waals surface area contributed by atoms with Crippen molar-refractivity contribution in [1.82, 2.24) is 4.98 Å². The summed E-state index contributed by atoms with van der Waals surface area (Å²) in [5.74, 6) is 0.366. The highest BCUT2D eigenvalue weighted by Gasteiger charge is 2.16. The highest BCUT2D eigenvalue weighted by Crippen LogP contribution is 2.29. The molecule has 1 atom stereocenters. The quantitative estimate of drug-likeness (QED) is 0.875. The molecule has 0 saturated carbocycles. The molecule has 0 spiro atoms. The molecule has 4 nitrogen and oxygen atoms in total. The van der Waals surface area contributed by atoms with Gasteiger partial charge in [0, 0.05) is 0 Å². The predicted octanol–water partition coefficient (Wildman–Crippen LogP) is 4.00. The predicted molar refractivity (Wildman–Crippen MR) is 75.9 cm³/mol. The van der Waals surface area contributed by atoms with E-state index < -0.39 is 18.5 Å². The van der Waals surface area contributed by atoms with Gasteiger partial charge in [-0.25, -0.2) is 9.37 Å². The number of hydrogen-bond donors (Lipinski definition) is 1. The maximum Gasteiger partial charge on any atom is 0.387 e. The van der Waals surface area contributed by atoms with Gasteiger partial charge < -0.3 is 14.8 Å². The Hall–Kier alpha value is -2.44. The van der Waals surface area contributed by atoms with Crippen LogP contribution in [0.1, 0.15) is 18.5 Å². The van der Waals surface area contributed by atoms with Crippen LogP contribution in [-0.4, -0.2) is 18.7 Å². The fraction of sp³-hybridized carbons (Fsp3) is 0.267. The van der Waals surface area contributed by atoms with Gasteiger partial charge in [0.1, 0.15) is 23.1 Å². The monoisotopic (exact) mass is 312 g/mol. The van der Waals surface area contributed by atoms with Gasteiger partial charge in [0.25, 0.3) is 0 Å². The van der Waals surface area contributed by atoms with Crippen molar-refractivity contribution < 1.29 is 22.6 Å². The average Bonchev–Trinajstić information content (AvgIpc) is 2.48. The van der Waals surface area contributed by atoms with Crippen molar-refractivity contribution in [2.45, 2.75) is 19.6 Å². The number of hydrogen-bond acceptors (Lipinski definition) is 4. The molecule has 0 aliphatic rings. The van der Waals surface area contributed by atoms with Crippen LogP contribution in [0.5, 0.6) is 11.5 Å². The summed E-state index contributed by atoms with van der Waals surface area (Å²) >= 11 is 0. The lowest BCUT2D eigenvalue weighted by Crippen LogP contribution is -2.11. The number of pyridine rings is 1. The zero-order valence-corrected chi connectivity index (χ0v) is 12.0. The number of alkyl halides is 2. The summed E-state index contributed by atoms with van der Waals surface area (Å²) in [5, 5.41) is 2.98. The van der Waals surface area contributed by atoms with Gasteiger partial charge >= 0.3 is 6.61 Å². The third kappa shape index (κ3) is 3.81. The first kappa shape index (κ1) is 15.9. The number of anilines is 1. The van der Waals surface area contributed by atoms with Crippen LogP contribution in [0.25, 0.3) is 0 Å². The molecule has 2 aromatic rings. The second-order valence-electron chi connectivity index (χ2n) is 4.48. The number of nitrogens with one attached hydrogen (secondary N) is 1. The molecule has 0 radical (unpaired) electrons. The molecule has 118 valence electrons. The Balaban J connectivity index is 2.13. The molecule has 7 heteroatoms. The zero-order chi connectivity index (χ0) is 16.1. The van der Waals surface area contributed by atoms with Gasteiger partial charge in [0.15, 0.2) is 0 Å². The SMILES string of the molecule is COc1cccc(F)c1C(C)Nc1ccc(OC(F)F)cn1. The molecule has 0 saturated heterocycles. The van der Waals surface area contributed by atoms with Gasteiger partial charge in [-0.2, -0.15) is 8.78 Å². The first-order chi connectivity index (χ1) is 10.5. The highest BCUT2D eigenvalue weighted by molar-refractivity contribution is 5.44. The van der Waals surface area contributed by atoms with Gasteiger partial charge in [0.2, 0.25) is 0 Å². The van der Waals surface area contributed by atoms with E-state index in [1.807, 2.05) is 0 Å². The van der Waals surface area contributed by atoms with Crippen molar-refractivity contribution in [3.8, 4) is 11.5 Å². The van der Waals surface area contributed by atoms with Crippen molar-refractivity contribution in [2.24, 2.45) is 0 Å². The fourth-order valence-corrected chi connectivity index (χ4v) is 2.05. The van der Waals surface area contributed by atoms with Crippen molar-refractivity contribution in [3.63, 3.8) is 0 Å². The second kappa shape index (κ2) is 7.02. The minimum Gasteiger partial charge on any atom is -0.496 e. The Kier molecular flexibility index (Phi) is 5.08. The van der Waals surface area contributed by atoms with E-state index in [9.17, 15) is 13.2 Å². The summed E-state index contributed by atoms with van der Waals surface area (Å²) in [4.78, 5) is 3.95. The zero-order valence-electron chi connectivity index (χ0n) is 12.0. The largest absolute Gasteiger partial charge is 0.496 e. The lowest BCUT2D eigenvalue weighted by molar-refractivity contribution is -0.0500. The Morgan fingerprint density at radius 1 is 1.18 bits per heavy atom. The molecule has 1 aromatic heterocycles. The van der Waals surface area contributed by atoms with Crippen LogP contribution in [0.4, 0.5) is 19.0 Å². The van der Waals surface area contributed by atoms with Crippen LogP contribution in [-0.2, 0) is 0 Å². The Labute approximate surface area is 125 Å². The fourth-order valence-electron chi connectivity index (χ4n) is 2.05. The molecule has 1 N–H and O–H groups in total. The van der Waals surface area contributed by atoms with E-state index in [1.54, 1.807) is 19.1 Å². The Morgan fingerprint density at radius 3 is 2.55 bits per heavy atom. The first-order valence-corrected chi connectivity index (χ1v) is 6.51. The van der Waals surface area contributed by atoms with Crippen molar-refractivity contribution in [1.29, 1.82) is 0 Å². The molecule has 22 heavy (non-hydrogen) atoms. The third-order valence-electron chi connectivity index (χ3n) is 2.99. The van der Waals surface area contributed by atoms with E-state index in [-0.39, 0.29) is 5.75 Å². The van der Waals surface area contributed by atoms with E-state index in [0.717, 1.165) is 0 Å². The van der Waals surface area contributed by atoms with Gasteiger partial charge in [-0.1, -0.05) is 6.07 Å². The number of rotatable bonds is 6. The second-order valence-corrected chi connectivity index (χ2v) is 4.48. The minimum atomic E-state index is -2.90. The molecule has 0 aliphatic carbocycles. The van der Waals surface area contributed by atoms with Crippen molar-refractivity contribution in [2.75, 3.05) is 12.4 Å². The van der Waals surface area contributed by atoms with E-state index in [1.165, 1.54) is 31.5 Å². The molecule has 2 rings (SSSR count). The smallest absolute Gasteiger partial charge is 0.387 e. The average molecular weight is 312 g/mol. The molecular weight excluding hydrogens is 297 g/mol. The summed E-state index contributed by atoms with van der Waals surface area (Å²) in [7, 11) is 1.46. The van der Waals surface area contributed by atoms with Crippen LogP contribution < -0.4 is 14.8 Å². The van der Waals surface area contributed by atoms with Crippen LogP contribution in [0.2, 0.25) is 0 Å². The molecule has 0 amide bonds. The van der Waals surface area contributed by atoms with Crippen LogP contribution in [0.15, 0.2) is 36.5 Å². The van der Waals surface area contributed by atoms with Gasteiger partial charge in [-0.3, -0.25) is 0 Å². The summed E-state index contributed by atoms with van der Waals surface area (Å²) in [6, 6.07) is 6.95. The summed E-state index contributed by atoms with van der Waals surface area (Å²) < 4.78 is 47.4. The van der Waals surface area contributed by atoms with Crippen molar-refractivity contribution in [3.05, 3.63) is 47.9 Å². The van der Waals surface area contributed by atoms with Gasteiger partial charge in [-0.05, 0) is 31.2 Å². The maximum absolute atomic E-state index is 14.0. The molecule has 1 aromatic carbocycles. The van der Waals surface area contributed by atoms with E-state index in [0.29, 0.717) is 17.1 Å². The van der Waals surface area contributed by atoms with Gasteiger partial charge in [-0.15, -0.1) is 0 Å². The van der Waals surface area contributed by atoms with Crippen molar-refractivity contribution >= 4 is 5.82 Å². The number of benzene rings is 1. The maximum atomic E-state index is 14.0. The lowest BCUT2D eigenvalue weighted by atomic mass is 10.1. The summed E-state index contributed by atoms with van der Waals surface area (Å²) in [6.07, 6.45) is 1.17. The summed E-state index contributed by atoms with van der Waals surface area (Å²) in [5.41, 5.74) is 0.361. The Bertz CT molecular complexity index is 621. The molecular formula is C15H15F3N2O2. The number of halogens is 3. The van der Waals surface area contributed by atoms with Crippen LogP contribution in [0, 0.1) is 5.82 Å². The normalized spacial score (nSPS) is 12.1.